The Labute approximate surface area is 363 Å². The van der Waals surface area contributed by atoms with Gasteiger partial charge >= 0.3 is 0 Å². The lowest BCUT2D eigenvalue weighted by molar-refractivity contribution is -0.130. The molecule has 0 saturated carbocycles. The van der Waals surface area contributed by atoms with E-state index in [2.05, 4.69) is 21.2 Å². The first kappa shape index (κ1) is 56.7. The summed E-state index contributed by atoms with van der Waals surface area (Å²) in [5, 5.41) is 10.6. The molecule has 0 rings (SSSR count). The second-order valence-electron chi connectivity index (χ2n) is 15.0. The second kappa shape index (κ2) is 36.3. The second-order valence-corrected chi connectivity index (χ2v) is 15.0. The predicted octanol–water partition coefficient (Wildman–Crippen LogP) is 0.0454. The molecule has 0 saturated heterocycles. The molecule has 0 spiro atoms. The van der Waals surface area contributed by atoms with Crippen LogP contribution in [0.2, 0.25) is 0 Å². The van der Waals surface area contributed by atoms with E-state index in [1.807, 2.05) is 13.8 Å². The van der Waals surface area contributed by atoms with Crippen LogP contribution in [0.1, 0.15) is 117 Å². The highest BCUT2D eigenvalue weighted by Gasteiger charge is 2.33. The summed E-state index contributed by atoms with van der Waals surface area (Å²) in [6.07, 6.45) is 7.22. The van der Waals surface area contributed by atoms with E-state index in [1.54, 1.807) is 0 Å². The molecule has 0 aliphatic carbocycles. The van der Waals surface area contributed by atoms with Crippen molar-refractivity contribution in [2.45, 2.75) is 117 Å². The van der Waals surface area contributed by atoms with Crippen LogP contribution in [-0.4, -0.2) is 163 Å². The molecule has 6 amide bonds. The zero-order valence-electron chi connectivity index (χ0n) is 35.9. The van der Waals surface area contributed by atoms with E-state index < -0.39 is 5.41 Å². The van der Waals surface area contributed by atoms with Crippen LogP contribution < -0.4 is 21.2 Å². The maximum absolute atomic E-state index is 12.5. The first-order valence-corrected chi connectivity index (χ1v) is 20.9. The smallest absolute Gasteiger partial charge is 0.226 e. The molecule has 0 unspecified atom stereocenters. The normalized spacial score (nSPS) is 11.2. The number of hydrogen-bond acceptors (Lipinski definition) is 11. The van der Waals surface area contributed by atoms with Crippen LogP contribution in [0.3, 0.4) is 0 Å². The fraction of sp³-hybridized carbons (Fsp3) is 0.816. The molecular formula is C38H65B5N6O11. The minimum atomic E-state index is -0.930. The number of carbonyl (C=O) groups excluding carboxylic acids is 7. The van der Waals surface area contributed by atoms with E-state index >= 15 is 0 Å². The summed E-state index contributed by atoms with van der Waals surface area (Å²) in [6, 6.07) is 0. The number of ketones is 1. The highest BCUT2D eigenvalue weighted by Crippen LogP contribution is 2.22. The molecule has 0 aromatic carbocycles. The number of amides is 6. The van der Waals surface area contributed by atoms with Crippen molar-refractivity contribution in [2.24, 2.45) is 11.3 Å². The van der Waals surface area contributed by atoms with E-state index in [0.29, 0.717) is 86.9 Å². The quantitative estimate of drug-likeness (QED) is 0.0480. The van der Waals surface area contributed by atoms with Gasteiger partial charge in [0.1, 0.15) is 5.78 Å². The lowest BCUT2D eigenvalue weighted by Gasteiger charge is -2.33. The molecule has 0 heterocycles. The van der Waals surface area contributed by atoms with E-state index in [-0.39, 0.29) is 139 Å². The number of ether oxygens (including phenoxy) is 4. The van der Waals surface area contributed by atoms with E-state index in [1.165, 1.54) is 0 Å². The van der Waals surface area contributed by atoms with Crippen molar-refractivity contribution < 1.29 is 52.5 Å². The van der Waals surface area contributed by atoms with Gasteiger partial charge < -0.3 is 49.6 Å². The van der Waals surface area contributed by atoms with E-state index in [0.717, 1.165) is 6.42 Å². The molecule has 17 nitrogen and oxygen atoms in total. The van der Waals surface area contributed by atoms with Gasteiger partial charge in [-0.05, 0) is 38.5 Å². The number of nitrogens with one attached hydrogen (secondary N) is 4. The third-order valence-electron chi connectivity index (χ3n) is 9.11. The largest absolute Gasteiger partial charge is 0.449 e. The highest BCUT2D eigenvalue weighted by molar-refractivity contribution is 6.34. The SMILES string of the molecule is [B]NC(=O)CCCCCNC(=O)CCOCC(COCCC(=O)NCCCCCC(=O)N([B])[B])(COCCC(=O)NCCCCCC(=O)N([B])[B])COCCC(=O)C(C)C. The minimum absolute atomic E-state index is 0.0425. The van der Waals surface area contributed by atoms with Gasteiger partial charge in [0.25, 0.3) is 0 Å². The summed E-state index contributed by atoms with van der Waals surface area (Å²) in [4.78, 5) is 84.0. The summed E-state index contributed by atoms with van der Waals surface area (Å²) in [6.45, 7) is 5.50. The Kier molecular flexibility index (Phi) is 34.3. The zero-order chi connectivity index (χ0) is 45.0. The van der Waals surface area contributed by atoms with Crippen LogP contribution in [0.4, 0.5) is 0 Å². The first-order chi connectivity index (χ1) is 28.6. The van der Waals surface area contributed by atoms with Gasteiger partial charge in [0.05, 0.1) is 58.3 Å². The molecule has 0 aromatic heterocycles. The van der Waals surface area contributed by atoms with Crippen LogP contribution >= 0.6 is 0 Å². The molecule has 60 heavy (non-hydrogen) atoms. The Balaban J connectivity index is 5.30. The Bertz CT molecular complexity index is 1200. The number of Topliss-reactive ketones (excluding diaryl/α,β-unsaturated/α-hetero) is 1. The van der Waals surface area contributed by atoms with E-state index in [9.17, 15) is 33.6 Å². The van der Waals surface area contributed by atoms with Crippen LogP contribution in [0.25, 0.3) is 0 Å². The molecule has 0 bridgehead atoms. The predicted molar refractivity (Wildman–Crippen MR) is 229 cm³/mol. The maximum Gasteiger partial charge on any atom is 0.226 e. The summed E-state index contributed by atoms with van der Waals surface area (Å²) >= 11 is 0. The lowest BCUT2D eigenvalue weighted by atomic mass is 9.92. The molecule has 0 aliphatic heterocycles. The van der Waals surface area contributed by atoms with Crippen LogP contribution in [0.15, 0.2) is 0 Å². The van der Waals surface area contributed by atoms with Crippen molar-refractivity contribution in [1.29, 1.82) is 0 Å². The van der Waals surface area contributed by atoms with Crippen molar-refractivity contribution in [3.63, 3.8) is 0 Å². The van der Waals surface area contributed by atoms with Gasteiger partial charge in [-0.2, -0.15) is 0 Å². The van der Waals surface area contributed by atoms with Crippen molar-refractivity contribution >= 4 is 81.1 Å². The maximum atomic E-state index is 12.5. The number of unbranched alkanes of at least 4 members (excludes halogenated alkanes) is 6. The molecule has 0 aliphatic rings. The molecule has 0 atom stereocenters. The van der Waals surface area contributed by atoms with Crippen molar-refractivity contribution in [3.05, 3.63) is 0 Å². The Morgan fingerprint density at radius 1 is 0.467 bits per heavy atom. The van der Waals surface area contributed by atoms with Gasteiger partial charge in [0.15, 0.2) is 11.8 Å². The van der Waals surface area contributed by atoms with Crippen molar-refractivity contribution in [3.8, 4) is 0 Å². The molecule has 328 valence electrons. The summed E-state index contributed by atoms with van der Waals surface area (Å²) < 4.78 is 25.1. The standard InChI is InChI=1S/C38H65B5N6O11/c1-30(2)31(50)15-22-57-26-38(27-58-23-16-32(51)44-19-9-3-6-12-35(54)47-39,28-59-24-17-33(52)45-20-10-4-7-13-36(55)48(40)41)29-60-25-18-34(53)46-21-11-5-8-14-37(56)49(42)43/h30H,3-29H2,1-2H3,(H,44,51)(H,45,52)(H,46,53)(H,47,54). The molecule has 0 fully saturated rings. The number of rotatable bonds is 39. The fourth-order valence-corrected chi connectivity index (χ4v) is 5.38. The Morgan fingerprint density at radius 3 is 1.12 bits per heavy atom. The summed E-state index contributed by atoms with van der Waals surface area (Å²) in [5.74, 6) is -1.71. The number of carbonyl (C=O) groups is 7. The number of nitrogens with zero attached hydrogens (tertiary/aromatic N) is 2. The molecule has 22 heteroatoms. The monoisotopic (exact) mass is 837 g/mol. The van der Waals surface area contributed by atoms with Crippen LogP contribution in [-0.2, 0) is 52.5 Å². The fourth-order valence-electron chi connectivity index (χ4n) is 5.38. The minimum Gasteiger partial charge on any atom is -0.449 e. The van der Waals surface area contributed by atoms with Gasteiger partial charge in [-0.3, -0.25) is 33.6 Å². The summed E-state index contributed by atoms with van der Waals surface area (Å²) in [5.41, 5.74) is -0.930. The lowest BCUT2D eigenvalue weighted by Crippen LogP contribution is -2.42. The highest BCUT2D eigenvalue weighted by atomic mass is 16.5. The van der Waals surface area contributed by atoms with Gasteiger partial charge in [0.2, 0.25) is 63.5 Å². The molecule has 0 aromatic rings. The third-order valence-corrected chi connectivity index (χ3v) is 9.11. The average molecular weight is 836 g/mol. The van der Waals surface area contributed by atoms with Crippen LogP contribution in [0, 0.1) is 11.3 Å². The van der Waals surface area contributed by atoms with Gasteiger partial charge in [0, 0.05) is 70.5 Å². The molecule has 4 N–H and O–H groups in total. The zero-order valence-corrected chi connectivity index (χ0v) is 35.9. The van der Waals surface area contributed by atoms with Gasteiger partial charge in [-0.25, -0.2) is 0 Å². The van der Waals surface area contributed by atoms with E-state index in [4.69, 9.17) is 58.9 Å². The van der Waals surface area contributed by atoms with Gasteiger partial charge in [-0.1, -0.05) is 33.1 Å². The third kappa shape index (κ3) is 32.4. The first-order valence-electron chi connectivity index (χ1n) is 20.9. The Hall–Kier alpha value is -3.35. The van der Waals surface area contributed by atoms with Crippen molar-refractivity contribution in [2.75, 3.05) is 72.5 Å². The molecular weight excluding hydrogens is 771 g/mol. The van der Waals surface area contributed by atoms with Gasteiger partial charge in [-0.15, -0.1) is 0 Å². The van der Waals surface area contributed by atoms with Crippen molar-refractivity contribution in [1.82, 2.24) is 30.6 Å². The molecule has 10 radical (unpaired) electrons. The Morgan fingerprint density at radius 2 is 0.800 bits per heavy atom. The number of hydrogen-bond donors (Lipinski definition) is 4. The van der Waals surface area contributed by atoms with Crippen LogP contribution in [0.5, 0.6) is 0 Å². The topological polar surface area (TPSA) is 211 Å². The summed E-state index contributed by atoms with van der Waals surface area (Å²) in [7, 11) is 25.9. The average Bonchev–Trinajstić information content (AvgIpc) is 3.21.